The van der Waals surface area contributed by atoms with Gasteiger partial charge in [0.05, 0.1) is 5.52 Å². The van der Waals surface area contributed by atoms with Gasteiger partial charge in [0.1, 0.15) is 12.9 Å². The lowest BCUT2D eigenvalue weighted by molar-refractivity contribution is -0.117. The molecule has 2 heterocycles. The molecule has 0 aliphatic carbocycles. The first-order chi connectivity index (χ1) is 13.1. The van der Waals surface area contributed by atoms with Crippen molar-refractivity contribution in [2.24, 2.45) is 0 Å². The number of anilines is 1. The van der Waals surface area contributed by atoms with Crippen LogP contribution in [0.4, 0.5) is 5.69 Å². The molecule has 4 rings (SSSR count). The SMILES string of the molecule is CCc1cccc(NC(=O)Cn2nc3c4cccc(C)c4ncn3c2=O)c1. The minimum Gasteiger partial charge on any atom is -0.324 e. The highest BCUT2D eigenvalue weighted by molar-refractivity contribution is 5.93. The van der Waals surface area contributed by atoms with Gasteiger partial charge in [-0.1, -0.05) is 31.2 Å². The van der Waals surface area contributed by atoms with Crippen LogP contribution >= 0.6 is 0 Å². The van der Waals surface area contributed by atoms with Crippen LogP contribution < -0.4 is 11.0 Å². The summed E-state index contributed by atoms with van der Waals surface area (Å²) in [5, 5.41) is 7.96. The van der Waals surface area contributed by atoms with E-state index in [2.05, 4.69) is 22.3 Å². The van der Waals surface area contributed by atoms with Crippen molar-refractivity contribution in [1.82, 2.24) is 19.2 Å². The number of nitrogens with one attached hydrogen (secondary N) is 1. The minimum absolute atomic E-state index is 0.163. The molecule has 136 valence electrons. The van der Waals surface area contributed by atoms with Gasteiger partial charge in [0, 0.05) is 11.1 Å². The van der Waals surface area contributed by atoms with E-state index >= 15 is 0 Å². The Morgan fingerprint density at radius 2 is 2.00 bits per heavy atom. The number of fused-ring (bicyclic) bond motifs is 3. The van der Waals surface area contributed by atoms with Crippen LogP contribution in [-0.4, -0.2) is 25.1 Å². The van der Waals surface area contributed by atoms with Crippen LogP contribution in [0.15, 0.2) is 53.6 Å². The minimum atomic E-state index is -0.390. The number of hydrogen-bond donors (Lipinski definition) is 1. The number of aromatic nitrogens is 4. The summed E-state index contributed by atoms with van der Waals surface area (Å²) in [6.45, 7) is 3.85. The quantitative estimate of drug-likeness (QED) is 0.606. The zero-order valence-corrected chi connectivity index (χ0v) is 15.1. The Kier molecular flexibility index (Phi) is 4.19. The van der Waals surface area contributed by atoms with E-state index in [-0.39, 0.29) is 12.5 Å². The summed E-state index contributed by atoms with van der Waals surface area (Å²) in [7, 11) is 0. The fourth-order valence-electron chi connectivity index (χ4n) is 3.14. The zero-order valence-electron chi connectivity index (χ0n) is 15.1. The van der Waals surface area contributed by atoms with E-state index in [1.807, 2.05) is 49.4 Å². The lowest BCUT2D eigenvalue weighted by Crippen LogP contribution is -2.28. The van der Waals surface area contributed by atoms with Crippen molar-refractivity contribution >= 4 is 28.1 Å². The largest absolute Gasteiger partial charge is 0.352 e. The fourth-order valence-corrected chi connectivity index (χ4v) is 3.14. The van der Waals surface area contributed by atoms with E-state index in [0.29, 0.717) is 11.3 Å². The molecule has 0 bridgehead atoms. The summed E-state index contributed by atoms with van der Waals surface area (Å²) in [4.78, 5) is 29.3. The van der Waals surface area contributed by atoms with E-state index in [1.165, 1.54) is 10.7 Å². The second-order valence-electron chi connectivity index (χ2n) is 6.45. The molecule has 0 aliphatic heterocycles. The van der Waals surface area contributed by atoms with Crippen molar-refractivity contribution < 1.29 is 4.79 Å². The van der Waals surface area contributed by atoms with E-state index in [9.17, 15) is 9.59 Å². The van der Waals surface area contributed by atoms with Crippen LogP contribution in [0.2, 0.25) is 0 Å². The van der Waals surface area contributed by atoms with Gasteiger partial charge < -0.3 is 5.32 Å². The van der Waals surface area contributed by atoms with Crippen molar-refractivity contribution in [1.29, 1.82) is 0 Å². The number of benzene rings is 2. The third-order valence-corrected chi connectivity index (χ3v) is 4.56. The summed E-state index contributed by atoms with van der Waals surface area (Å²) < 4.78 is 2.53. The fraction of sp³-hybridized carbons (Fsp3) is 0.200. The summed E-state index contributed by atoms with van der Waals surface area (Å²) >= 11 is 0. The number of rotatable bonds is 4. The summed E-state index contributed by atoms with van der Waals surface area (Å²) in [5.74, 6) is -0.304. The van der Waals surface area contributed by atoms with Gasteiger partial charge in [-0.05, 0) is 42.7 Å². The molecule has 0 radical (unpaired) electrons. The molecule has 27 heavy (non-hydrogen) atoms. The predicted octanol–water partition coefficient (Wildman–Crippen LogP) is 2.55. The van der Waals surface area contributed by atoms with Crippen LogP contribution in [0.25, 0.3) is 16.6 Å². The molecule has 0 atom stereocenters. The molecular weight excluding hydrogens is 342 g/mol. The highest BCUT2D eigenvalue weighted by Gasteiger charge is 2.14. The van der Waals surface area contributed by atoms with Crippen LogP contribution in [-0.2, 0) is 17.8 Å². The van der Waals surface area contributed by atoms with Crippen molar-refractivity contribution in [2.45, 2.75) is 26.8 Å². The normalized spacial score (nSPS) is 11.2. The Labute approximate surface area is 155 Å². The zero-order chi connectivity index (χ0) is 19.0. The van der Waals surface area contributed by atoms with E-state index in [1.54, 1.807) is 0 Å². The van der Waals surface area contributed by atoms with Crippen LogP contribution in [0, 0.1) is 6.92 Å². The Morgan fingerprint density at radius 1 is 1.19 bits per heavy atom. The van der Waals surface area contributed by atoms with Crippen molar-refractivity contribution in [2.75, 3.05) is 5.32 Å². The Bertz CT molecular complexity index is 1220. The van der Waals surface area contributed by atoms with E-state index in [0.717, 1.165) is 33.1 Å². The topological polar surface area (TPSA) is 81.3 Å². The van der Waals surface area contributed by atoms with Gasteiger partial charge in [-0.2, -0.15) is 0 Å². The molecule has 4 aromatic rings. The van der Waals surface area contributed by atoms with Crippen LogP contribution in [0.3, 0.4) is 0 Å². The van der Waals surface area contributed by atoms with E-state index in [4.69, 9.17) is 0 Å². The van der Waals surface area contributed by atoms with E-state index < -0.39 is 5.69 Å². The monoisotopic (exact) mass is 361 g/mol. The Morgan fingerprint density at radius 3 is 2.81 bits per heavy atom. The van der Waals surface area contributed by atoms with Gasteiger partial charge in [-0.15, -0.1) is 5.10 Å². The van der Waals surface area contributed by atoms with Crippen molar-refractivity contribution in [3.05, 3.63) is 70.4 Å². The maximum atomic E-state index is 12.6. The first-order valence-corrected chi connectivity index (χ1v) is 8.79. The highest BCUT2D eigenvalue weighted by atomic mass is 16.2. The molecule has 2 aromatic heterocycles. The number of hydrogen-bond acceptors (Lipinski definition) is 4. The second kappa shape index (κ2) is 6.68. The summed E-state index contributed by atoms with van der Waals surface area (Å²) in [6.07, 6.45) is 2.34. The summed E-state index contributed by atoms with van der Waals surface area (Å²) in [6, 6.07) is 13.4. The standard InChI is InChI=1S/C20H19N5O2/c1-3-14-7-5-8-15(10-14)22-17(26)11-25-20(27)24-12-21-18-13(2)6-4-9-16(18)19(24)23-25/h4-10,12H,3,11H2,1-2H3,(H,22,26). The lowest BCUT2D eigenvalue weighted by atomic mass is 10.1. The Balaban J connectivity index is 1.66. The molecule has 2 aromatic carbocycles. The molecule has 0 fully saturated rings. The van der Waals surface area contributed by atoms with Gasteiger partial charge in [0.25, 0.3) is 0 Å². The van der Waals surface area contributed by atoms with Crippen molar-refractivity contribution in [3.8, 4) is 0 Å². The summed E-state index contributed by atoms with van der Waals surface area (Å²) in [5.41, 5.74) is 3.74. The molecule has 1 N–H and O–H groups in total. The number of nitrogens with zero attached hydrogens (tertiary/aromatic N) is 4. The molecule has 0 saturated heterocycles. The average molecular weight is 361 g/mol. The number of carbonyl (C=O) groups is 1. The lowest BCUT2D eigenvalue weighted by Gasteiger charge is -2.06. The van der Waals surface area contributed by atoms with Gasteiger partial charge in [-0.25, -0.2) is 18.9 Å². The number of carbonyl (C=O) groups excluding carboxylic acids is 1. The number of aryl methyl sites for hydroxylation is 2. The first-order valence-electron chi connectivity index (χ1n) is 8.79. The van der Waals surface area contributed by atoms with Gasteiger partial charge in [-0.3, -0.25) is 4.79 Å². The van der Waals surface area contributed by atoms with Gasteiger partial charge >= 0.3 is 5.69 Å². The molecular formula is C20H19N5O2. The molecule has 7 heteroatoms. The van der Waals surface area contributed by atoms with Gasteiger partial charge in [0.2, 0.25) is 5.91 Å². The maximum absolute atomic E-state index is 12.6. The van der Waals surface area contributed by atoms with Crippen molar-refractivity contribution in [3.63, 3.8) is 0 Å². The van der Waals surface area contributed by atoms with Crippen LogP contribution in [0.1, 0.15) is 18.1 Å². The molecule has 7 nitrogen and oxygen atoms in total. The van der Waals surface area contributed by atoms with Gasteiger partial charge in [0.15, 0.2) is 5.65 Å². The predicted molar refractivity (Wildman–Crippen MR) is 104 cm³/mol. The smallest absolute Gasteiger partial charge is 0.324 e. The first kappa shape index (κ1) is 17.0. The molecule has 0 saturated carbocycles. The third kappa shape index (κ3) is 3.08. The number of para-hydroxylation sites is 1. The number of amides is 1. The average Bonchev–Trinajstić information content (AvgIpc) is 2.98. The molecule has 0 aliphatic rings. The molecule has 0 spiro atoms. The third-order valence-electron chi connectivity index (χ3n) is 4.56. The molecule has 0 unspecified atom stereocenters. The second-order valence-corrected chi connectivity index (χ2v) is 6.45. The molecule has 1 amide bonds. The Hall–Kier alpha value is -3.48. The maximum Gasteiger partial charge on any atom is 0.352 e. The highest BCUT2D eigenvalue weighted by Crippen LogP contribution is 2.18. The van der Waals surface area contributed by atoms with Crippen LogP contribution in [0.5, 0.6) is 0 Å².